The molecule has 4 nitrogen and oxygen atoms in total. The fraction of sp³-hybridized carbons (Fsp3) is 0.368. The lowest BCUT2D eigenvalue weighted by atomic mass is 10.00. The van der Waals surface area contributed by atoms with Gasteiger partial charge in [0.05, 0.1) is 20.3 Å². The number of hydrogen-bond acceptors (Lipinski definition) is 4. The maximum absolute atomic E-state index is 10.2. The quantitative estimate of drug-likeness (QED) is 0.917. The number of aliphatic hydroxyl groups excluding tert-OH is 1. The van der Waals surface area contributed by atoms with Crippen LogP contribution in [0.2, 0.25) is 0 Å². The lowest BCUT2D eigenvalue weighted by Gasteiger charge is -2.17. The van der Waals surface area contributed by atoms with Crippen LogP contribution in [0.4, 0.5) is 0 Å². The summed E-state index contributed by atoms with van der Waals surface area (Å²) in [5.41, 5.74) is 2.24. The average molecular weight is 314 g/mol. The van der Waals surface area contributed by atoms with E-state index in [-0.39, 0.29) is 6.10 Å². The van der Waals surface area contributed by atoms with E-state index in [2.05, 4.69) is 0 Å². The fourth-order valence-corrected chi connectivity index (χ4v) is 2.84. The second-order valence-corrected chi connectivity index (χ2v) is 5.80. The van der Waals surface area contributed by atoms with Crippen molar-refractivity contribution in [1.29, 1.82) is 0 Å². The summed E-state index contributed by atoms with van der Waals surface area (Å²) < 4.78 is 16.9. The monoisotopic (exact) mass is 314 g/mol. The Labute approximate surface area is 136 Å². The van der Waals surface area contributed by atoms with Gasteiger partial charge in [0.25, 0.3) is 0 Å². The Hall–Kier alpha value is -2.20. The van der Waals surface area contributed by atoms with Crippen molar-refractivity contribution in [3.05, 3.63) is 47.5 Å². The molecule has 0 saturated carbocycles. The zero-order chi connectivity index (χ0) is 16.2. The summed E-state index contributed by atoms with van der Waals surface area (Å²) in [6.45, 7) is 0. The van der Waals surface area contributed by atoms with Crippen LogP contribution >= 0.6 is 0 Å². The molecule has 0 saturated heterocycles. The molecule has 4 bridgehead atoms. The topological polar surface area (TPSA) is 47.9 Å². The number of ether oxygens (including phenoxy) is 3. The molecule has 23 heavy (non-hydrogen) atoms. The fourth-order valence-electron chi connectivity index (χ4n) is 2.84. The van der Waals surface area contributed by atoms with Crippen molar-refractivity contribution in [2.75, 3.05) is 14.2 Å². The lowest BCUT2D eigenvalue weighted by Crippen LogP contribution is -2.10. The molecule has 0 spiro atoms. The Morgan fingerprint density at radius 3 is 1.78 bits per heavy atom. The van der Waals surface area contributed by atoms with Crippen LogP contribution in [0, 0.1) is 0 Å². The molecule has 0 aromatic heterocycles. The number of aryl methyl sites for hydroxylation is 2. The summed E-state index contributed by atoms with van der Waals surface area (Å²) in [7, 11) is 3.25. The Morgan fingerprint density at radius 1 is 0.870 bits per heavy atom. The van der Waals surface area contributed by atoms with Crippen molar-refractivity contribution >= 4 is 0 Å². The van der Waals surface area contributed by atoms with Crippen LogP contribution in [0.3, 0.4) is 0 Å². The van der Waals surface area contributed by atoms with E-state index in [0.717, 1.165) is 36.8 Å². The van der Waals surface area contributed by atoms with E-state index in [1.807, 2.05) is 36.4 Å². The van der Waals surface area contributed by atoms with Gasteiger partial charge >= 0.3 is 0 Å². The molecule has 0 aliphatic carbocycles. The lowest BCUT2D eigenvalue weighted by molar-refractivity contribution is 0.155. The van der Waals surface area contributed by atoms with E-state index in [1.165, 1.54) is 0 Å². The third-order valence-electron chi connectivity index (χ3n) is 4.21. The molecule has 1 aliphatic heterocycles. The maximum Gasteiger partial charge on any atom is 0.169 e. The first kappa shape index (κ1) is 15.7. The predicted octanol–water partition coefficient (Wildman–Crippen LogP) is 3.74. The number of rotatable bonds is 2. The number of aliphatic hydroxyl groups is 1. The normalized spacial score (nSPS) is 15.1. The SMILES string of the molecule is COc1ccc2cc1Oc1cc(ccc1OC)CCC(O)CC2. The van der Waals surface area contributed by atoms with Crippen molar-refractivity contribution in [2.45, 2.75) is 31.8 Å². The number of hydrogen-bond donors (Lipinski definition) is 1. The standard InChI is InChI=1S/C19H22O4/c1-21-16-9-5-13-3-7-15(20)8-4-14-6-10-17(22-2)19(12-14)23-18(16)11-13/h5-6,9-12,15,20H,3-4,7-8H2,1-2H3. The summed E-state index contributed by atoms with van der Waals surface area (Å²) in [5.74, 6) is 2.68. The summed E-state index contributed by atoms with van der Waals surface area (Å²) in [5, 5.41) is 10.2. The minimum absolute atomic E-state index is 0.300. The summed E-state index contributed by atoms with van der Waals surface area (Å²) in [4.78, 5) is 0. The van der Waals surface area contributed by atoms with Crippen molar-refractivity contribution < 1.29 is 19.3 Å². The molecule has 0 atom stereocenters. The first-order valence-electron chi connectivity index (χ1n) is 7.89. The highest BCUT2D eigenvalue weighted by Crippen LogP contribution is 2.38. The average Bonchev–Trinajstić information content (AvgIpc) is 2.57. The van der Waals surface area contributed by atoms with Gasteiger partial charge in [0.1, 0.15) is 0 Å². The van der Waals surface area contributed by atoms with Crippen LogP contribution in [0.1, 0.15) is 24.0 Å². The van der Waals surface area contributed by atoms with Gasteiger partial charge in [0, 0.05) is 0 Å². The zero-order valence-electron chi connectivity index (χ0n) is 13.5. The van der Waals surface area contributed by atoms with Crippen molar-refractivity contribution in [3.8, 4) is 23.0 Å². The molecule has 0 radical (unpaired) electrons. The Balaban J connectivity index is 2.06. The van der Waals surface area contributed by atoms with E-state index < -0.39 is 0 Å². The summed E-state index contributed by atoms with van der Waals surface area (Å²) >= 11 is 0. The van der Waals surface area contributed by atoms with Gasteiger partial charge in [0.15, 0.2) is 23.0 Å². The maximum atomic E-state index is 10.2. The van der Waals surface area contributed by atoms with Gasteiger partial charge in [0.2, 0.25) is 0 Å². The minimum Gasteiger partial charge on any atom is -0.493 e. The highest BCUT2D eigenvalue weighted by Gasteiger charge is 2.15. The van der Waals surface area contributed by atoms with Crippen LogP contribution in [-0.4, -0.2) is 25.4 Å². The van der Waals surface area contributed by atoms with Gasteiger partial charge in [-0.15, -0.1) is 0 Å². The van der Waals surface area contributed by atoms with E-state index >= 15 is 0 Å². The minimum atomic E-state index is -0.300. The second kappa shape index (κ2) is 6.92. The van der Waals surface area contributed by atoms with E-state index in [0.29, 0.717) is 23.0 Å². The van der Waals surface area contributed by atoms with Crippen LogP contribution in [0.15, 0.2) is 36.4 Å². The first-order valence-corrected chi connectivity index (χ1v) is 7.89. The van der Waals surface area contributed by atoms with E-state index in [1.54, 1.807) is 14.2 Å². The van der Waals surface area contributed by atoms with Gasteiger partial charge < -0.3 is 19.3 Å². The third-order valence-corrected chi connectivity index (χ3v) is 4.21. The van der Waals surface area contributed by atoms with Gasteiger partial charge in [-0.1, -0.05) is 12.1 Å². The van der Waals surface area contributed by atoms with Crippen LogP contribution in [0.25, 0.3) is 0 Å². The van der Waals surface area contributed by atoms with Gasteiger partial charge in [-0.2, -0.15) is 0 Å². The summed E-state index contributed by atoms with van der Waals surface area (Å²) in [6.07, 6.45) is 2.81. The van der Waals surface area contributed by atoms with Gasteiger partial charge in [-0.3, -0.25) is 0 Å². The van der Waals surface area contributed by atoms with Crippen LogP contribution in [-0.2, 0) is 12.8 Å². The molecule has 2 aromatic carbocycles. The van der Waals surface area contributed by atoms with Crippen molar-refractivity contribution in [1.82, 2.24) is 0 Å². The molecule has 1 aliphatic rings. The van der Waals surface area contributed by atoms with Gasteiger partial charge in [-0.05, 0) is 61.1 Å². The Kier molecular flexibility index (Phi) is 4.72. The summed E-state index contributed by atoms with van der Waals surface area (Å²) in [6, 6.07) is 11.8. The largest absolute Gasteiger partial charge is 0.493 e. The molecule has 3 rings (SSSR count). The molecule has 0 amide bonds. The molecule has 1 heterocycles. The zero-order valence-corrected chi connectivity index (χ0v) is 13.5. The number of fused-ring (bicyclic) bond motifs is 4. The Bertz CT molecular complexity index is 624. The van der Waals surface area contributed by atoms with E-state index in [9.17, 15) is 5.11 Å². The molecule has 0 unspecified atom stereocenters. The Morgan fingerprint density at radius 2 is 1.35 bits per heavy atom. The predicted molar refractivity (Wildman–Crippen MR) is 88.7 cm³/mol. The number of methoxy groups -OCH3 is 2. The smallest absolute Gasteiger partial charge is 0.169 e. The van der Waals surface area contributed by atoms with Crippen LogP contribution < -0.4 is 14.2 Å². The van der Waals surface area contributed by atoms with Crippen molar-refractivity contribution in [3.63, 3.8) is 0 Å². The van der Waals surface area contributed by atoms with Gasteiger partial charge in [-0.25, -0.2) is 0 Å². The molecular weight excluding hydrogens is 292 g/mol. The molecule has 2 aromatic rings. The molecular formula is C19H22O4. The molecule has 0 fully saturated rings. The number of benzene rings is 2. The molecule has 4 heteroatoms. The van der Waals surface area contributed by atoms with Crippen LogP contribution in [0.5, 0.6) is 23.0 Å². The van der Waals surface area contributed by atoms with Crippen molar-refractivity contribution in [2.24, 2.45) is 0 Å². The third kappa shape index (κ3) is 3.59. The highest BCUT2D eigenvalue weighted by molar-refractivity contribution is 5.50. The van der Waals surface area contributed by atoms with E-state index in [4.69, 9.17) is 14.2 Å². The second-order valence-electron chi connectivity index (χ2n) is 5.80. The molecule has 1 N–H and O–H groups in total. The first-order chi connectivity index (χ1) is 11.2. The molecule has 122 valence electrons. The highest BCUT2D eigenvalue weighted by atomic mass is 16.5.